The number of nitrogens with zero attached hydrogens (tertiary/aromatic N) is 1. The van der Waals surface area contributed by atoms with Crippen molar-refractivity contribution >= 4 is 17.6 Å². The van der Waals surface area contributed by atoms with E-state index in [1.165, 1.54) is 24.3 Å². The first-order valence-corrected chi connectivity index (χ1v) is 9.45. The predicted octanol–water partition coefficient (Wildman–Crippen LogP) is 4.23. The average Bonchev–Trinajstić information content (AvgIpc) is 2.77. The summed E-state index contributed by atoms with van der Waals surface area (Å²) in [6.07, 6.45) is -1.48. The van der Waals surface area contributed by atoms with Crippen LogP contribution in [0.1, 0.15) is 21.5 Å². The number of amides is 3. The van der Waals surface area contributed by atoms with Crippen LogP contribution < -0.4 is 20.7 Å². The number of hydrogen-bond donors (Lipinski definition) is 3. The summed E-state index contributed by atoms with van der Waals surface area (Å²) in [5.41, 5.74) is 2.39. The molecule has 0 unspecified atom stereocenters. The van der Waals surface area contributed by atoms with Crippen molar-refractivity contribution in [3.8, 4) is 5.75 Å². The van der Waals surface area contributed by atoms with Crippen molar-refractivity contribution in [2.75, 3.05) is 5.32 Å². The zero-order chi connectivity index (χ0) is 23.0. The number of rotatable bonds is 7. The lowest BCUT2D eigenvalue weighted by molar-refractivity contribution is -0.274. The standard InChI is InChI=1S/C22H19F3N4O3/c23-22(24,25)32-19-7-1-15(2-8-19)13-27-20(30)17-3-5-18(6-4-17)29-21(31)28-14-16-9-11-26-12-10-16/h1-12H,13-14H2,(H,27,30)(H2,28,29,31). The van der Waals surface area contributed by atoms with Crippen LogP contribution in [0.25, 0.3) is 0 Å². The highest BCUT2D eigenvalue weighted by Crippen LogP contribution is 2.22. The average molecular weight is 444 g/mol. The Morgan fingerprint density at radius 3 is 2.03 bits per heavy atom. The van der Waals surface area contributed by atoms with Gasteiger partial charge in [-0.2, -0.15) is 0 Å². The molecule has 0 radical (unpaired) electrons. The van der Waals surface area contributed by atoms with Gasteiger partial charge in [0.1, 0.15) is 5.75 Å². The third kappa shape index (κ3) is 7.31. The van der Waals surface area contributed by atoms with Gasteiger partial charge in [0.15, 0.2) is 0 Å². The molecule has 0 aliphatic carbocycles. The Labute approximate surface area is 181 Å². The smallest absolute Gasteiger partial charge is 0.406 e. The van der Waals surface area contributed by atoms with Crippen molar-refractivity contribution in [2.45, 2.75) is 19.5 Å². The van der Waals surface area contributed by atoms with E-state index in [-0.39, 0.29) is 18.2 Å². The maximum Gasteiger partial charge on any atom is 0.573 e. The molecular weight excluding hydrogens is 425 g/mol. The minimum atomic E-state index is -4.75. The molecule has 1 heterocycles. The monoisotopic (exact) mass is 444 g/mol. The second-order valence-corrected chi connectivity index (χ2v) is 6.61. The number of pyridine rings is 1. The Balaban J connectivity index is 1.45. The lowest BCUT2D eigenvalue weighted by Crippen LogP contribution is -2.28. The number of carbonyl (C=O) groups excluding carboxylic acids is 2. The normalized spacial score (nSPS) is 10.8. The molecule has 166 valence electrons. The number of aromatic nitrogens is 1. The minimum Gasteiger partial charge on any atom is -0.406 e. The first-order chi connectivity index (χ1) is 15.3. The molecule has 0 aliphatic rings. The first-order valence-electron chi connectivity index (χ1n) is 9.45. The van der Waals surface area contributed by atoms with Crippen LogP contribution in [0.2, 0.25) is 0 Å². The molecule has 1 aromatic heterocycles. The van der Waals surface area contributed by atoms with Crippen LogP contribution in [0.5, 0.6) is 5.75 Å². The van der Waals surface area contributed by atoms with Gasteiger partial charge in [-0.15, -0.1) is 13.2 Å². The number of alkyl halides is 3. The molecule has 0 spiro atoms. The van der Waals surface area contributed by atoms with Gasteiger partial charge < -0.3 is 20.7 Å². The van der Waals surface area contributed by atoms with E-state index in [1.54, 1.807) is 48.8 Å². The molecule has 0 aliphatic heterocycles. The molecule has 7 nitrogen and oxygen atoms in total. The molecule has 10 heteroatoms. The van der Waals surface area contributed by atoms with Gasteiger partial charge in [0.05, 0.1) is 0 Å². The summed E-state index contributed by atoms with van der Waals surface area (Å²) >= 11 is 0. The zero-order valence-electron chi connectivity index (χ0n) is 16.6. The van der Waals surface area contributed by atoms with Crippen LogP contribution in [0, 0.1) is 0 Å². The molecule has 3 N–H and O–H groups in total. The van der Waals surface area contributed by atoms with Crippen LogP contribution in [0.15, 0.2) is 73.1 Å². The van der Waals surface area contributed by atoms with Gasteiger partial charge in [0, 0.05) is 36.7 Å². The summed E-state index contributed by atoms with van der Waals surface area (Å²) in [6, 6.07) is 14.7. The number of hydrogen-bond acceptors (Lipinski definition) is 4. The predicted molar refractivity (Wildman–Crippen MR) is 111 cm³/mol. The molecule has 0 atom stereocenters. The van der Waals surface area contributed by atoms with Crippen molar-refractivity contribution in [1.29, 1.82) is 0 Å². The van der Waals surface area contributed by atoms with E-state index < -0.39 is 12.4 Å². The minimum absolute atomic E-state index is 0.128. The van der Waals surface area contributed by atoms with E-state index in [4.69, 9.17) is 0 Å². The summed E-state index contributed by atoms with van der Waals surface area (Å²) < 4.78 is 40.4. The van der Waals surface area contributed by atoms with Crippen molar-refractivity contribution in [3.05, 3.63) is 89.7 Å². The van der Waals surface area contributed by atoms with Gasteiger partial charge in [-0.05, 0) is 59.7 Å². The van der Waals surface area contributed by atoms with Gasteiger partial charge in [0.25, 0.3) is 5.91 Å². The highest BCUT2D eigenvalue weighted by molar-refractivity contribution is 5.95. The van der Waals surface area contributed by atoms with Gasteiger partial charge in [-0.25, -0.2) is 4.79 Å². The topological polar surface area (TPSA) is 92.4 Å². The third-order valence-electron chi connectivity index (χ3n) is 4.22. The number of halogens is 3. The molecule has 3 amide bonds. The summed E-state index contributed by atoms with van der Waals surface area (Å²) in [5.74, 6) is -0.699. The number of ether oxygens (including phenoxy) is 1. The Bertz CT molecular complexity index is 1040. The quantitative estimate of drug-likeness (QED) is 0.509. The fraction of sp³-hybridized carbons (Fsp3) is 0.136. The highest BCUT2D eigenvalue weighted by atomic mass is 19.4. The number of urea groups is 1. The Hall–Kier alpha value is -4.08. The van der Waals surface area contributed by atoms with E-state index in [1.807, 2.05) is 0 Å². The maximum absolute atomic E-state index is 12.3. The Kier molecular flexibility index (Phi) is 7.27. The second kappa shape index (κ2) is 10.3. The summed E-state index contributed by atoms with van der Waals surface area (Å²) in [4.78, 5) is 28.2. The molecule has 0 saturated heterocycles. The summed E-state index contributed by atoms with van der Waals surface area (Å²) in [7, 11) is 0. The second-order valence-electron chi connectivity index (χ2n) is 6.61. The van der Waals surface area contributed by atoms with Gasteiger partial charge in [-0.1, -0.05) is 12.1 Å². The van der Waals surface area contributed by atoms with E-state index in [0.29, 0.717) is 23.4 Å². The molecule has 0 saturated carbocycles. The lowest BCUT2D eigenvalue weighted by atomic mass is 10.1. The largest absolute Gasteiger partial charge is 0.573 e. The van der Waals surface area contributed by atoms with E-state index in [2.05, 4.69) is 25.7 Å². The van der Waals surface area contributed by atoms with Crippen LogP contribution in [-0.4, -0.2) is 23.3 Å². The SMILES string of the molecule is O=C(NCc1ccncc1)Nc1ccc(C(=O)NCc2ccc(OC(F)(F)F)cc2)cc1. The molecule has 0 bridgehead atoms. The fourth-order valence-corrected chi connectivity index (χ4v) is 2.66. The van der Waals surface area contributed by atoms with E-state index in [0.717, 1.165) is 5.56 Å². The first kappa shape index (κ1) is 22.6. The zero-order valence-corrected chi connectivity index (χ0v) is 16.6. The lowest BCUT2D eigenvalue weighted by Gasteiger charge is -2.10. The van der Waals surface area contributed by atoms with Crippen molar-refractivity contribution in [1.82, 2.24) is 15.6 Å². The number of anilines is 1. The van der Waals surface area contributed by atoms with Crippen molar-refractivity contribution in [2.24, 2.45) is 0 Å². The van der Waals surface area contributed by atoms with Crippen LogP contribution in [-0.2, 0) is 13.1 Å². The molecule has 2 aromatic carbocycles. The maximum atomic E-state index is 12.3. The van der Waals surface area contributed by atoms with Crippen molar-refractivity contribution in [3.63, 3.8) is 0 Å². The van der Waals surface area contributed by atoms with Crippen LogP contribution in [0.4, 0.5) is 23.7 Å². The summed E-state index contributed by atoms with van der Waals surface area (Å²) in [5, 5.41) is 8.05. The van der Waals surface area contributed by atoms with Crippen molar-refractivity contribution < 1.29 is 27.5 Å². The van der Waals surface area contributed by atoms with Crippen LogP contribution >= 0.6 is 0 Å². The van der Waals surface area contributed by atoms with Gasteiger partial charge in [0.2, 0.25) is 0 Å². The summed E-state index contributed by atoms with van der Waals surface area (Å²) in [6.45, 7) is 0.473. The number of benzene rings is 2. The molecular formula is C22H19F3N4O3. The molecule has 3 rings (SSSR count). The number of carbonyl (C=O) groups is 2. The highest BCUT2D eigenvalue weighted by Gasteiger charge is 2.30. The van der Waals surface area contributed by atoms with Gasteiger partial charge in [-0.3, -0.25) is 9.78 Å². The molecule has 32 heavy (non-hydrogen) atoms. The Morgan fingerprint density at radius 2 is 1.41 bits per heavy atom. The Morgan fingerprint density at radius 1 is 0.812 bits per heavy atom. The number of nitrogens with one attached hydrogen (secondary N) is 3. The molecule has 3 aromatic rings. The molecule has 0 fully saturated rings. The van der Waals surface area contributed by atoms with Gasteiger partial charge >= 0.3 is 12.4 Å². The van der Waals surface area contributed by atoms with E-state index >= 15 is 0 Å². The fourth-order valence-electron chi connectivity index (χ4n) is 2.66. The van der Waals surface area contributed by atoms with E-state index in [9.17, 15) is 22.8 Å². The third-order valence-corrected chi connectivity index (χ3v) is 4.22. The van der Waals surface area contributed by atoms with Crippen LogP contribution in [0.3, 0.4) is 0 Å².